The van der Waals surface area contributed by atoms with Crippen molar-refractivity contribution in [1.82, 2.24) is 10.2 Å². The molecule has 1 aromatic carbocycles. The summed E-state index contributed by atoms with van der Waals surface area (Å²) in [5, 5.41) is 3.31. The van der Waals surface area contributed by atoms with Crippen molar-refractivity contribution in [3.63, 3.8) is 0 Å². The van der Waals surface area contributed by atoms with Crippen molar-refractivity contribution in [2.24, 2.45) is 0 Å². The molecule has 1 N–H and O–H groups in total. The summed E-state index contributed by atoms with van der Waals surface area (Å²) < 4.78 is 0. The van der Waals surface area contributed by atoms with Gasteiger partial charge in [-0.25, -0.2) is 0 Å². The Balaban J connectivity index is 1.98. The molecule has 1 aliphatic rings. The minimum Gasteiger partial charge on any atom is -0.322 e. The maximum absolute atomic E-state index is 12.0. The SMILES string of the molecule is CCCCCCN1C(=O)CNC1c1ccc(C)cc1. The van der Waals surface area contributed by atoms with Crippen LogP contribution < -0.4 is 5.32 Å². The summed E-state index contributed by atoms with van der Waals surface area (Å²) in [6, 6.07) is 8.44. The van der Waals surface area contributed by atoms with Crippen molar-refractivity contribution in [2.45, 2.75) is 45.7 Å². The van der Waals surface area contributed by atoms with Crippen molar-refractivity contribution in [3.05, 3.63) is 35.4 Å². The summed E-state index contributed by atoms with van der Waals surface area (Å²) in [4.78, 5) is 13.9. The van der Waals surface area contributed by atoms with Gasteiger partial charge in [-0.05, 0) is 18.9 Å². The first-order chi connectivity index (χ1) is 9.22. The standard InChI is InChI=1S/C16H24N2O/c1-3-4-5-6-11-18-15(19)12-17-16(18)14-9-7-13(2)8-10-14/h7-10,16-17H,3-6,11-12H2,1-2H3. The molecule has 1 saturated heterocycles. The number of aryl methyl sites for hydroxylation is 1. The molecule has 0 radical (unpaired) electrons. The molecule has 1 amide bonds. The zero-order chi connectivity index (χ0) is 13.7. The Morgan fingerprint density at radius 2 is 1.95 bits per heavy atom. The second-order valence-electron chi connectivity index (χ2n) is 5.34. The molecular formula is C16H24N2O. The topological polar surface area (TPSA) is 32.3 Å². The van der Waals surface area contributed by atoms with Gasteiger partial charge in [0.15, 0.2) is 0 Å². The van der Waals surface area contributed by atoms with Gasteiger partial charge in [0, 0.05) is 6.54 Å². The molecule has 0 bridgehead atoms. The lowest BCUT2D eigenvalue weighted by molar-refractivity contribution is -0.128. The third-order valence-electron chi connectivity index (χ3n) is 3.72. The Hall–Kier alpha value is -1.35. The lowest BCUT2D eigenvalue weighted by Crippen LogP contribution is -2.31. The molecule has 0 aromatic heterocycles. The first-order valence-electron chi connectivity index (χ1n) is 7.32. The number of carbonyl (C=O) groups is 1. The molecule has 1 aromatic rings. The van der Waals surface area contributed by atoms with Gasteiger partial charge in [-0.15, -0.1) is 0 Å². The van der Waals surface area contributed by atoms with E-state index in [0.29, 0.717) is 6.54 Å². The van der Waals surface area contributed by atoms with E-state index in [9.17, 15) is 4.79 Å². The van der Waals surface area contributed by atoms with Gasteiger partial charge in [0.1, 0.15) is 6.17 Å². The maximum Gasteiger partial charge on any atom is 0.238 e. The van der Waals surface area contributed by atoms with E-state index < -0.39 is 0 Å². The third kappa shape index (κ3) is 3.57. The number of unbranched alkanes of at least 4 members (excludes halogenated alkanes) is 3. The molecule has 1 heterocycles. The fourth-order valence-electron chi connectivity index (χ4n) is 2.55. The van der Waals surface area contributed by atoms with Gasteiger partial charge in [-0.3, -0.25) is 10.1 Å². The summed E-state index contributed by atoms with van der Waals surface area (Å²) in [5.74, 6) is 0.224. The first kappa shape index (κ1) is 14.1. The largest absolute Gasteiger partial charge is 0.322 e. The van der Waals surface area contributed by atoms with Crippen LogP contribution in [0.5, 0.6) is 0 Å². The number of hydrogen-bond acceptors (Lipinski definition) is 2. The van der Waals surface area contributed by atoms with Crippen LogP contribution in [-0.2, 0) is 4.79 Å². The Bertz CT molecular complexity index is 413. The molecule has 1 aliphatic heterocycles. The average molecular weight is 260 g/mol. The monoisotopic (exact) mass is 260 g/mol. The highest BCUT2D eigenvalue weighted by atomic mass is 16.2. The first-order valence-corrected chi connectivity index (χ1v) is 7.32. The van der Waals surface area contributed by atoms with Crippen LogP contribution in [0.2, 0.25) is 0 Å². The van der Waals surface area contributed by atoms with Gasteiger partial charge >= 0.3 is 0 Å². The Morgan fingerprint density at radius 1 is 1.21 bits per heavy atom. The fourth-order valence-corrected chi connectivity index (χ4v) is 2.55. The van der Waals surface area contributed by atoms with E-state index in [-0.39, 0.29) is 12.1 Å². The van der Waals surface area contributed by atoms with Gasteiger partial charge < -0.3 is 4.90 Å². The fraction of sp³-hybridized carbons (Fsp3) is 0.562. The number of benzene rings is 1. The Kier molecular flexibility index (Phi) is 4.97. The molecule has 19 heavy (non-hydrogen) atoms. The number of amides is 1. The zero-order valence-corrected chi connectivity index (χ0v) is 12.0. The van der Waals surface area contributed by atoms with Crippen molar-refractivity contribution in [2.75, 3.05) is 13.1 Å². The van der Waals surface area contributed by atoms with Crippen LogP contribution in [0.15, 0.2) is 24.3 Å². The lowest BCUT2D eigenvalue weighted by atomic mass is 10.1. The zero-order valence-electron chi connectivity index (χ0n) is 12.0. The van der Waals surface area contributed by atoms with Gasteiger partial charge in [0.2, 0.25) is 5.91 Å². The molecule has 1 atom stereocenters. The normalized spacial score (nSPS) is 19.2. The van der Waals surface area contributed by atoms with Gasteiger partial charge in [0.05, 0.1) is 6.54 Å². The third-order valence-corrected chi connectivity index (χ3v) is 3.72. The number of hydrogen-bond donors (Lipinski definition) is 1. The van der Waals surface area contributed by atoms with Crippen molar-refractivity contribution < 1.29 is 4.79 Å². The molecule has 104 valence electrons. The summed E-state index contributed by atoms with van der Waals surface area (Å²) in [7, 11) is 0. The van der Waals surface area contributed by atoms with Crippen LogP contribution in [-0.4, -0.2) is 23.9 Å². The minimum atomic E-state index is 0.0646. The van der Waals surface area contributed by atoms with Crippen molar-refractivity contribution in [3.8, 4) is 0 Å². The molecule has 1 unspecified atom stereocenters. The molecule has 0 spiro atoms. The molecule has 0 saturated carbocycles. The van der Waals surface area contributed by atoms with Crippen molar-refractivity contribution >= 4 is 5.91 Å². The highest BCUT2D eigenvalue weighted by Gasteiger charge is 2.30. The van der Waals surface area contributed by atoms with Crippen LogP contribution in [0.3, 0.4) is 0 Å². The van der Waals surface area contributed by atoms with E-state index >= 15 is 0 Å². The molecule has 1 fully saturated rings. The lowest BCUT2D eigenvalue weighted by Gasteiger charge is -2.24. The number of rotatable bonds is 6. The summed E-state index contributed by atoms with van der Waals surface area (Å²) >= 11 is 0. The smallest absolute Gasteiger partial charge is 0.238 e. The Labute approximate surface area is 116 Å². The van der Waals surface area contributed by atoms with E-state index in [1.54, 1.807) is 0 Å². The van der Waals surface area contributed by atoms with Gasteiger partial charge in [-0.2, -0.15) is 0 Å². The second kappa shape index (κ2) is 6.71. The highest BCUT2D eigenvalue weighted by Crippen LogP contribution is 2.23. The maximum atomic E-state index is 12.0. The minimum absolute atomic E-state index is 0.0646. The summed E-state index contributed by atoms with van der Waals surface area (Å²) in [6.45, 7) is 5.62. The van der Waals surface area contributed by atoms with E-state index in [0.717, 1.165) is 13.0 Å². The van der Waals surface area contributed by atoms with Crippen LogP contribution >= 0.6 is 0 Å². The van der Waals surface area contributed by atoms with Crippen LogP contribution in [0.25, 0.3) is 0 Å². The summed E-state index contributed by atoms with van der Waals surface area (Å²) in [5.41, 5.74) is 2.44. The number of carbonyl (C=O) groups excluding carboxylic acids is 1. The Morgan fingerprint density at radius 3 is 2.63 bits per heavy atom. The van der Waals surface area contributed by atoms with Crippen LogP contribution in [0, 0.1) is 6.92 Å². The van der Waals surface area contributed by atoms with Gasteiger partial charge in [-0.1, -0.05) is 56.0 Å². The van der Waals surface area contributed by atoms with Crippen LogP contribution in [0.4, 0.5) is 0 Å². The molecule has 3 nitrogen and oxygen atoms in total. The summed E-state index contributed by atoms with van der Waals surface area (Å²) in [6.07, 6.45) is 4.86. The van der Waals surface area contributed by atoms with E-state index in [2.05, 4.69) is 43.4 Å². The molecule has 2 rings (SSSR count). The molecule has 3 heteroatoms. The predicted molar refractivity (Wildman–Crippen MR) is 77.8 cm³/mol. The predicted octanol–water partition coefficient (Wildman–Crippen LogP) is 3.01. The number of nitrogens with zero attached hydrogens (tertiary/aromatic N) is 1. The highest BCUT2D eigenvalue weighted by molar-refractivity contribution is 5.80. The van der Waals surface area contributed by atoms with Crippen molar-refractivity contribution in [1.29, 1.82) is 0 Å². The van der Waals surface area contributed by atoms with Gasteiger partial charge in [0.25, 0.3) is 0 Å². The van der Waals surface area contributed by atoms with E-state index in [4.69, 9.17) is 0 Å². The van der Waals surface area contributed by atoms with Crippen LogP contribution in [0.1, 0.15) is 49.9 Å². The average Bonchev–Trinajstić information content (AvgIpc) is 2.77. The van der Waals surface area contributed by atoms with E-state index in [1.165, 1.54) is 30.4 Å². The second-order valence-corrected chi connectivity index (χ2v) is 5.34. The quantitative estimate of drug-likeness (QED) is 0.797. The van der Waals surface area contributed by atoms with E-state index in [1.807, 2.05) is 4.90 Å². The number of nitrogens with one attached hydrogen (secondary N) is 1. The molecular weight excluding hydrogens is 236 g/mol. The molecule has 0 aliphatic carbocycles.